The fourth-order valence-electron chi connectivity index (χ4n) is 1.75. The van der Waals surface area contributed by atoms with Gasteiger partial charge < -0.3 is 5.32 Å². The number of hydrogen-bond donors (Lipinski definition) is 1. The second kappa shape index (κ2) is 4.87. The Morgan fingerprint density at radius 3 is 2.39 bits per heavy atom. The molecule has 1 aromatic heterocycles. The van der Waals surface area contributed by atoms with Crippen molar-refractivity contribution < 1.29 is 4.79 Å². The number of ketones is 1. The molecule has 0 unspecified atom stereocenters. The maximum atomic E-state index is 12.1. The molecule has 0 saturated carbocycles. The second-order valence-corrected chi connectivity index (χ2v) is 3.95. The Balaban J connectivity index is 2.53. The van der Waals surface area contributed by atoms with E-state index < -0.39 is 0 Å². The first-order valence-corrected chi connectivity index (χ1v) is 5.64. The van der Waals surface area contributed by atoms with Crippen molar-refractivity contribution in [2.24, 2.45) is 0 Å². The largest absolute Gasteiger partial charge is 0.388 e. The summed E-state index contributed by atoms with van der Waals surface area (Å²) < 4.78 is 1.47. The molecule has 0 radical (unpaired) electrons. The Morgan fingerprint density at radius 2 is 1.83 bits per heavy atom. The van der Waals surface area contributed by atoms with E-state index in [1.54, 1.807) is 18.3 Å². The third kappa shape index (κ3) is 2.18. The Kier molecular flexibility index (Phi) is 3.28. The highest BCUT2D eigenvalue weighted by atomic mass is 16.1. The van der Waals surface area contributed by atoms with E-state index in [0.29, 0.717) is 0 Å². The minimum absolute atomic E-state index is 0.204. The molecule has 0 aliphatic carbocycles. The van der Waals surface area contributed by atoms with Gasteiger partial charge in [0.05, 0.1) is 5.56 Å². The normalized spacial score (nSPS) is 10.1. The summed E-state index contributed by atoms with van der Waals surface area (Å²) in [7, 11) is 1.83. The molecule has 0 fully saturated rings. The van der Waals surface area contributed by atoms with Crippen molar-refractivity contribution in [2.45, 2.75) is 6.92 Å². The average molecular weight is 242 g/mol. The first kappa shape index (κ1) is 12.1. The van der Waals surface area contributed by atoms with Gasteiger partial charge in [-0.2, -0.15) is 0 Å². The van der Waals surface area contributed by atoms with Crippen molar-refractivity contribution >= 4 is 11.5 Å². The Labute approximate surface area is 105 Å². The number of Topliss-reactive ketones (excluding diaryl/α,β-unsaturated/α-hetero) is 1. The van der Waals surface area contributed by atoms with Crippen molar-refractivity contribution in [1.82, 2.24) is 4.57 Å². The Hall–Kier alpha value is -2.36. The van der Waals surface area contributed by atoms with E-state index in [-0.39, 0.29) is 16.9 Å². The molecule has 0 aliphatic rings. The van der Waals surface area contributed by atoms with Crippen LogP contribution in [0.1, 0.15) is 17.3 Å². The van der Waals surface area contributed by atoms with Crippen molar-refractivity contribution in [2.75, 3.05) is 12.4 Å². The number of carbonyl (C=O) groups excluding carboxylic acids is 1. The topological polar surface area (TPSA) is 51.1 Å². The molecule has 0 bridgehead atoms. The number of aromatic nitrogens is 1. The van der Waals surface area contributed by atoms with Crippen LogP contribution in [0, 0.1) is 0 Å². The van der Waals surface area contributed by atoms with Gasteiger partial charge >= 0.3 is 0 Å². The highest BCUT2D eigenvalue weighted by molar-refractivity contribution is 5.93. The summed E-state index contributed by atoms with van der Waals surface area (Å²) in [6.07, 6.45) is 1.66. The van der Waals surface area contributed by atoms with Gasteiger partial charge in [0.1, 0.15) is 0 Å². The highest BCUT2D eigenvalue weighted by Gasteiger charge is 2.08. The fourth-order valence-corrected chi connectivity index (χ4v) is 1.75. The van der Waals surface area contributed by atoms with Crippen LogP contribution in [0.25, 0.3) is 5.69 Å². The minimum Gasteiger partial charge on any atom is -0.388 e. The van der Waals surface area contributed by atoms with Crippen LogP contribution in [0.2, 0.25) is 0 Å². The number of rotatable bonds is 3. The second-order valence-electron chi connectivity index (χ2n) is 3.95. The van der Waals surface area contributed by atoms with Gasteiger partial charge in [0.2, 0.25) is 0 Å². The molecule has 2 rings (SSSR count). The van der Waals surface area contributed by atoms with Gasteiger partial charge in [-0.05, 0) is 43.3 Å². The standard InChI is InChI=1S/C14H14N2O2/c1-10(17)13-4-3-9-16(14(13)18)12-7-5-11(15-2)6-8-12/h3-9,15H,1-2H3. The SMILES string of the molecule is CNc1ccc(-n2cccc(C(C)=O)c2=O)cc1. The third-order valence-electron chi connectivity index (χ3n) is 2.76. The molecule has 4 nitrogen and oxygen atoms in total. The van der Waals surface area contributed by atoms with Crippen LogP contribution >= 0.6 is 0 Å². The zero-order valence-electron chi connectivity index (χ0n) is 10.3. The van der Waals surface area contributed by atoms with Crippen molar-refractivity contribution in [3.63, 3.8) is 0 Å². The first-order valence-electron chi connectivity index (χ1n) is 5.64. The summed E-state index contributed by atoms with van der Waals surface area (Å²) in [6, 6.07) is 10.7. The predicted octanol–water partition coefficient (Wildman–Crippen LogP) is 2.08. The maximum Gasteiger partial charge on any atom is 0.265 e. The number of nitrogens with one attached hydrogen (secondary N) is 1. The smallest absolute Gasteiger partial charge is 0.265 e. The van der Waals surface area contributed by atoms with E-state index in [0.717, 1.165) is 11.4 Å². The minimum atomic E-state index is -0.290. The number of nitrogens with zero attached hydrogens (tertiary/aromatic N) is 1. The summed E-state index contributed by atoms with van der Waals surface area (Å²) >= 11 is 0. The number of benzene rings is 1. The zero-order chi connectivity index (χ0) is 13.1. The summed E-state index contributed by atoms with van der Waals surface area (Å²) in [6.45, 7) is 1.39. The molecule has 18 heavy (non-hydrogen) atoms. The third-order valence-corrected chi connectivity index (χ3v) is 2.76. The molecule has 2 aromatic rings. The van der Waals surface area contributed by atoms with E-state index in [1.807, 2.05) is 31.3 Å². The van der Waals surface area contributed by atoms with Gasteiger partial charge in [-0.25, -0.2) is 0 Å². The van der Waals surface area contributed by atoms with E-state index in [9.17, 15) is 9.59 Å². The van der Waals surface area contributed by atoms with Crippen LogP contribution in [-0.4, -0.2) is 17.4 Å². The van der Waals surface area contributed by atoms with Gasteiger partial charge in [-0.1, -0.05) is 0 Å². The fraction of sp³-hybridized carbons (Fsp3) is 0.143. The summed E-state index contributed by atoms with van der Waals surface area (Å²) in [5, 5.41) is 3.01. The zero-order valence-corrected chi connectivity index (χ0v) is 10.3. The summed E-state index contributed by atoms with van der Waals surface area (Å²) in [5.74, 6) is -0.221. The lowest BCUT2D eigenvalue weighted by molar-refractivity contribution is 0.101. The number of carbonyl (C=O) groups is 1. The van der Waals surface area contributed by atoms with E-state index in [2.05, 4.69) is 5.32 Å². The van der Waals surface area contributed by atoms with Gasteiger partial charge in [0.25, 0.3) is 5.56 Å². The van der Waals surface area contributed by atoms with E-state index in [1.165, 1.54) is 11.5 Å². The molecule has 0 saturated heterocycles. The van der Waals surface area contributed by atoms with Crippen molar-refractivity contribution in [1.29, 1.82) is 0 Å². The first-order chi connectivity index (χ1) is 8.63. The summed E-state index contributed by atoms with van der Waals surface area (Å²) in [4.78, 5) is 23.4. The average Bonchev–Trinajstić information content (AvgIpc) is 2.39. The number of pyridine rings is 1. The summed E-state index contributed by atoms with van der Waals surface area (Å²) in [5.41, 5.74) is 1.62. The van der Waals surface area contributed by atoms with Crippen LogP contribution in [-0.2, 0) is 0 Å². The molecule has 1 N–H and O–H groups in total. The van der Waals surface area contributed by atoms with Gasteiger partial charge in [0.15, 0.2) is 5.78 Å². The van der Waals surface area contributed by atoms with Gasteiger partial charge in [-0.3, -0.25) is 14.2 Å². The van der Waals surface area contributed by atoms with Crippen LogP contribution in [0.5, 0.6) is 0 Å². The monoisotopic (exact) mass is 242 g/mol. The van der Waals surface area contributed by atoms with E-state index in [4.69, 9.17) is 0 Å². The molecule has 0 atom stereocenters. The Morgan fingerprint density at radius 1 is 1.17 bits per heavy atom. The maximum absolute atomic E-state index is 12.1. The number of hydrogen-bond acceptors (Lipinski definition) is 3. The lowest BCUT2D eigenvalue weighted by Gasteiger charge is -2.07. The molecule has 1 aromatic carbocycles. The van der Waals surface area contributed by atoms with Gasteiger partial charge in [0, 0.05) is 24.6 Å². The molecule has 1 heterocycles. The molecule has 0 aliphatic heterocycles. The van der Waals surface area contributed by atoms with Crippen LogP contribution < -0.4 is 10.9 Å². The van der Waals surface area contributed by atoms with Crippen LogP contribution in [0.4, 0.5) is 5.69 Å². The molecular formula is C14H14N2O2. The van der Waals surface area contributed by atoms with Gasteiger partial charge in [-0.15, -0.1) is 0 Å². The predicted molar refractivity (Wildman–Crippen MR) is 71.6 cm³/mol. The molecule has 0 spiro atoms. The van der Waals surface area contributed by atoms with E-state index >= 15 is 0 Å². The lowest BCUT2D eigenvalue weighted by Crippen LogP contribution is -2.23. The van der Waals surface area contributed by atoms with Crippen LogP contribution in [0.3, 0.4) is 0 Å². The van der Waals surface area contributed by atoms with Crippen LogP contribution in [0.15, 0.2) is 47.4 Å². The van der Waals surface area contributed by atoms with Crippen molar-refractivity contribution in [3.05, 3.63) is 58.5 Å². The van der Waals surface area contributed by atoms with Crippen molar-refractivity contribution in [3.8, 4) is 5.69 Å². The Bertz CT molecular complexity index is 627. The molecule has 92 valence electrons. The molecular weight excluding hydrogens is 228 g/mol. The lowest BCUT2D eigenvalue weighted by atomic mass is 10.2. The number of anilines is 1. The molecule has 0 amide bonds. The highest BCUT2D eigenvalue weighted by Crippen LogP contribution is 2.11. The molecule has 4 heteroatoms. The quantitative estimate of drug-likeness (QED) is 0.838.